The Labute approximate surface area is 86.6 Å². The van der Waals surface area contributed by atoms with Crippen LogP contribution in [-0.2, 0) is 9.59 Å². The van der Waals surface area contributed by atoms with Gasteiger partial charge in [-0.3, -0.25) is 9.59 Å². The highest BCUT2D eigenvalue weighted by Crippen LogP contribution is 2.18. The van der Waals surface area contributed by atoms with E-state index in [0.29, 0.717) is 5.33 Å². The van der Waals surface area contributed by atoms with E-state index in [1.165, 1.54) is 0 Å². The van der Waals surface area contributed by atoms with Gasteiger partial charge in [0, 0.05) is 19.0 Å². The van der Waals surface area contributed by atoms with Crippen molar-refractivity contribution in [3.63, 3.8) is 0 Å². The van der Waals surface area contributed by atoms with Gasteiger partial charge >= 0.3 is 0 Å². The van der Waals surface area contributed by atoms with Crippen LogP contribution in [0.25, 0.3) is 0 Å². The molecule has 1 aliphatic rings. The number of ketones is 1. The topological polar surface area (TPSA) is 37.4 Å². The molecule has 0 unspecified atom stereocenters. The van der Waals surface area contributed by atoms with Crippen molar-refractivity contribution >= 4 is 27.6 Å². The molecule has 3 nitrogen and oxygen atoms in total. The van der Waals surface area contributed by atoms with E-state index in [1.54, 1.807) is 6.92 Å². The molecule has 1 aliphatic heterocycles. The fourth-order valence-electron chi connectivity index (χ4n) is 1.62. The molecule has 0 atom stereocenters. The number of amides is 1. The molecule has 0 spiro atoms. The van der Waals surface area contributed by atoms with Gasteiger partial charge in [0.1, 0.15) is 5.78 Å². The van der Waals surface area contributed by atoms with Crippen molar-refractivity contribution in [2.24, 2.45) is 5.92 Å². The largest absolute Gasteiger partial charge is 0.342 e. The maximum atomic E-state index is 11.2. The second-order valence-electron chi connectivity index (χ2n) is 3.40. The van der Waals surface area contributed by atoms with Crippen LogP contribution in [0.4, 0.5) is 0 Å². The van der Waals surface area contributed by atoms with E-state index in [9.17, 15) is 9.59 Å². The molecule has 0 radical (unpaired) electrons. The lowest BCUT2D eigenvalue weighted by atomic mass is 9.93. The Hall–Kier alpha value is -0.380. The van der Waals surface area contributed by atoms with Crippen molar-refractivity contribution in [1.82, 2.24) is 4.90 Å². The summed E-state index contributed by atoms with van der Waals surface area (Å²) in [5.41, 5.74) is 0. The summed E-state index contributed by atoms with van der Waals surface area (Å²) in [5.74, 6) is 0.562. The van der Waals surface area contributed by atoms with Crippen LogP contribution in [0.2, 0.25) is 0 Å². The van der Waals surface area contributed by atoms with Gasteiger partial charge in [0.05, 0.1) is 5.33 Å². The number of likely N-dealkylation sites (tertiary alicyclic amines) is 1. The molecule has 1 fully saturated rings. The molecule has 0 saturated carbocycles. The normalized spacial score (nSPS) is 18.8. The van der Waals surface area contributed by atoms with Crippen molar-refractivity contribution in [1.29, 1.82) is 0 Å². The second-order valence-corrected chi connectivity index (χ2v) is 3.96. The highest BCUT2D eigenvalue weighted by atomic mass is 79.9. The van der Waals surface area contributed by atoms with E-state index in [-0.39, 0.29) is 17.6 Å². The van der Waals surface area contributed by atoms with Gasteiger partial charge in [-0.1, -0.05) is 15.9 Å². The number of carbonyl (C=O) groups is 2. The number of Topliss-reactive ketones (excluding diaryl/α,β-unsaturated/α-hetero) is 1. The van der Waals surface area contributed by atoms with Gasteiger partial charge in [-0.05, 0) is 19.8 Å². The molecular formula is C9H14BrNO2. The minimum Gasteiger partial charge on any atom is -0.342 e. The fourth-order valence-corrected chi connectivity index (χ4v) is 1.97. The van der Waals surface area contributed by atoms with Crippen LogP contribution in [0.5, 0.6) is 0 Å². The molecule has 1 heterocycles. The van der Waals surface area contributed by atoms with Gasteiger partial charge in [0.15, 0.2) is 0 Å². The monoisotopic (exact) mass is 247 g/mol. The number of carbonyl (C=O) groups excluding carboxylic acids is 2. The summed E-state index contributed by atoms with van der Waals surface area (Å²) in [6, 6.07) is 0. The number of rotatable bonds is 2. The van der Waals surface area contributed by atoms with E-state index in [0.717, 1.165) is 25.9 Å². The van der Waals surface area contributed by atoms with Crippen molar-refractivity contribution in [2.45, 2.75) is 19.8 Å². The quantitative estimate of drug-likeness (QED) is 0.689. The predicted molar refractivity (Wildman–Crippen MR) is 53.8 cm³/mol. The smallest absolute Gasteiger partial charge is 0.233 e. The van der Waals surface area contributed by atoms with Crippen molar-refractivity contribution in [3.8, 4) is 0 Å². The van der Waals surface area contributed by atoms with Gasteiger partial charge < -0.3 is 4.90 Å². The molecule has 1 saturated heterocycles. The molecule has 0 aromatic carbocycles. The molecule has 1 rings (SSSR count). The Balaban J connectivity index is 2.39. The van der Waals surface area contributed by atoms with Gasteiger partial charge in [-0.15, -0.1) is 0 Å². The first-order valence-electron chi connectivity index (χ1n) is 4.49. The van der Waals surface area contributed by atoms with Crippen LogP contribution in [0.3, 0.4) is 0 Å². The zero-order chi connectivity index (χ0) is 9.84. The summed E-state index contributed by atoms with van der Waals surface area (Å²) in [5, 5.41) is 0.387. The Morgan fingerprint density at radius 1 is 1.38 bits per heavy atom. The summed E-state index contributed by atoms with van der Waals surface area (Å²) in [4.78, 5) is 24.1. The summed E-state index contributed by atoms with van der Waals surface area (Å²) in [6.07, 6.45) is 1.65. The first kappa shape index (κ1) is 10.7. The Morgan fingerprint density at radius 2 is 1.92 bits per heavy atom. The van der Waals surface area contributed by atoms with Crippen LogP contribution in [0, 0.1) is 5.92 Å². The first-order valence-corrected chi connectivity index (χ1v) is 5.61. The number of hydrogen-bond acceptors (Lipinski definition) is 2. The Bertz CT molecular complexity index is 210. The summed E-state index contributed by atoms with van der Waals surface area (Å²) >= 11 is 3.14. The van der Waals surface area contributed by atoms with Crippen molar-refractivity contribution in [2.75, 3.05) is 18.4 Å². The van der Waals surface area contributed by atoms with Crippen LogP contribution < -0.4 is 0 Å². The fraction of sp³-hybridized carbons (Fsp3) is 0.778. The molecule has 74 valence electrons. The lowest BCUT2D eigenvalue weighted by molar-refractivity contribution is -0.132. The average Bonchev–Trinajstić information content (AvgIpc) is 2.17. The minimum absolute atomic E-state index is 0.127. The lowest BCUT2D eigenvalue weighted by Gasteiger charge is -2.30. The SMILES string of the molecule is CC(=O)C1CCN(C(=O)CBr)CC1. The number of alkyl halides is 1. The summed E-state index contributed by atoms with van der Waals surface area (Å²) < 4.78 is 0. The third-order valence-corrected chi connectivity index (χ3v) is 3.02. The molecule has 1 amide bonds. The molecular weight excluding hydrogens is 234 g/mol. The lowest BCUT2D eigenvalue weighted by Crippen LogP contribution is -2.40. The van der Waals surface area contributed by atoms with Gasteiger partial charge in [0.25, 0.3) is 0 Å². The molecule has 0 aromatic heterocycles. The van der Waals surface area contributed by atoms with Crippen LogP contribution >= 0.6 is 15.9 Å². The second kappa shape index (κ2) is 4.74. The number of piperidine rings is 1. The molecule has 0 N–H and O–H groups in total. The zero-order valence-corrected chi connectivity index (χ0v) is 9.34. The summed E-state index contributed by atoms with van der Waals surface area (Å²) in [6.45, 7) is 3.09. The minimum atomic E-state index is 0.127. The third kappa shape index (κ3) is 2.79. The summed E-state index contributed by atoms with van der Waals surface area (Å²) in [7, 11) is 0. The molecule has 0 aromatic rings. The molecule has 13 heavy (non-hydrogen) atoms. The van der Waals surface area contributed by atoms with E-state index in [4.69, 9.17) is 0 Å². The van der Waals surface area contributed by atoms with Gasteiger partial charge in [-0.25, -0.2) is 0 Å². The van der Waals surface area contributed by atoms with Crippen LogP contribution in [0.1, 0.15) is 19.8 Å². The molecule has 4 heteroatoms. The van der Waals surface area contributed by atoms with E-state index < -0.39 is 0 Å². The molecule has 0 aliphatic carbocycles. The first-order chi connectivity index (χ1) is 6.15. The Kier molecular flexibility index (Phi) is 3.90. The van der Waals surface area contributed by atoms with E-state index in [2.05, 4.69) is 15.9 Å². The van der Waals surface area contributed by atoms with Crippen molar-refractivity contribution in [3.05, 3.63) is 0 Å². The van der Waals surface area contributed by atoms with Gasteiger partial charge in [0.2, 0.25) is 5.91 Å². The average molecular weight is 248 g/mol. The van der Waals surface area contributed by atoms with Crippen molar-refractivity contribution < 1.29 is 9.59 Å². The zero-order valence-electron chi connectivity index (χ0n) is 7.75. The predicted octanol–water partition coefficient (Wildman–Crippen LogP) is 1.21. The standard InChI is InChI=1S/C9H14BrNO2/c1-7(12)8-2-4-11(5-3-8)9(13)6-10/h8H,2-6H2,1H3. The van der Waals surface area contributed by atoms with Crippen LogP contribution in [-0.4, -0.2) is 35.0 Å². The van der Waals surface area contributed by atoms with E-state index >= 15 is 0 Å². The number of nitrogens with zero attached hydrogens (tertiary/aromatic N) is 1. The third-order valence-electron chi connectivity index (χ3n) is 2.54. The highest BCUT2D eigenvalue weighted by molar-refractivity contribution is 9.09. The Morgan fingerprint density at radius 3 is 2.31 bits per heavy atom. The highest BCUT2D eigenvalue weighted by Gasteiger charge is 2.24. The van der Waals surface area contributed by atoms with Crippen LogP contribution in [0.15, 0.2) is 0 Å². The maximum Gasteiger partial charge on any atom is 0.233 e. The number of hydrogen-bond donors (Lipinski definition) is 0. The maximum absolute atomic E-state index is 11.2. The number of halogens is 1. The van der Waals surface area contributed by atoms with Gasteiger partial charge in [-0.2, -0.15) is 0 Å². The van der Waals surface area contributed by atoms with E-state index in [1.807, 2.05) is 4.90 Å². The molecule has 0 bridgehead atoms.